The average molecular weight is 327 g/mol. The van der Waals surface area contributed by atoms with E-state index in [1.165, 1.54) is 0 Å². The van der Waals surface area contributed by atoms with Gasteiger partial charge >= 0.3 is 0 Å². The molecule has 2 rings (SSSR count). The summed E-state index contributed by atoms with van der Waals surface area (Å²) in [7, 11) is 0. The standard InChI is InChI=1S/C16H16Cl2O3/c1-15(2)14(17)13(21)11(8-16(15,18)9-19)12(20)10-6-4-3-5-7-10/h3-7,9,11,14H,8H2,1-2H3. The molecule has 3 nitrogen and oxygen atoms in total. The monoisotopic (exact) mass is 326 g/mol. The first-order valence-electron chi connectivity index (χ1n) is 6.67. The first-order chi connectivity index (χ1) is 9.74. The van der Waals surface area contributed by atoms with Crippen LogP contribution in [0.2, 0.25) is 0 Å². The van der Waals surface area contributed by atoms with Crippen LogP contribution in [0.15, 0.2) is 30.3 Å². The topological polar surface area (TPSA) is 51.2 Å². The van der Waals surface area contributed by atoms with Crippen molar-refractivity contribution in [1.29, 1.82) is 0 Å². The second-order valence-corrected chi connectivity index (χ2v) is 7.06. The quantitative estimate of drug-likeness (QED) is 0.371. The van der Waals surface area contributed by atoms with Crippen molar-refractivity contribution in [3.63, 3.8) is 0 Å². The molecule has 0 radical (unpaired) electrons. The van der Waals surface area contributed by atoms with E-state index in [9.17, 15) is 14.4 Å². The zero-order chi connectivity index (χ0) is 15.8. The Balaban J connectivity index is 2.40. The van der Waals surface area contributed by atoms with Crippen LogP contribution in [0.1, 0.15) is 30.6 Å². The van der Waals surface area contributed by atoms with E-state index in [-0.39, 0.29) is 18.0 Å². The first kappa shape index (κ1) is 16.2. The lowest BCUT2D eigenvalue weighted by Gasteiger charge is -2.46. The number of Topliss-reactive ketones (excluding diaryl/α,β-unsaturated/α-hetero) is 2. The predicted octanol–water partition coefficient (Wildman–Crippen LogP) is 3.27. The fourth-order valence-electron chi connectivity index (χ4n) is 2.63. The zero-order valence-electron chi connectivity index (χ0n) is 11.8. The molecular weight excluding hydrogens is 311 g/mol. The Morgan fingerprint density at radius 3 is 2.38 bits per heavy atom. The number of rotatable bonds is 3. The van der Waals surface area contributed by atoms with Crippen LogP contribution in [0.25, 0.3) is 0 Å². The van der Waals surface area contributed by atoms with Gasteiger partial charge in [0.15, 0.2) is 11.6 Å². The van der Waals surface area contributed by atoms with Gasteiger partial charge in [-0.2, -0.15) is 0 Å². The summed E-state index contributed by atoms with van der Waals surface area (Å²) in [6.45, 7) is 3.35. The average Bonchev–Trinajstić information content (AvgIpc) is 2.49. The van der Waals surface area contributed by atoms with Crippen molar-refractivity contribution in [3.05, 3.63) is 35.9 Å². The van der Waals surface area contributed by atoms with E-state index in [2.05, 4.69) is 0 Å². The normalized spacial score (nSPS) is 31.7. The number of hydrogen-bond acceptors (Lipinski definition) is 3. The smallest absolute Gasteiger partial charge is 0.173 e. The predicted molar refractivity (Wildman–Crippen MR) is 82.0 cm³/mol. The van der Waals surface area contributed by atoms with Crippen molar-refractivity contribution < 1.29 is 14.4 Å². The summed E-state index contributed by atoms with van der Waals surface area (Å²) in [5.74, 6) is -1.69. The molecule has 0 amide bonds. The second kappa shape index (κ2) is 5.54. The van der Waals surface area contributed by atoms with E-state index in [1.807, 2.05) is 0 Å². The maximum Gasteiger partial charge on any atom is 0.173 e. The van der Waals surface area contributed by atoms with Crippen LogP contribution in [-0.4, -0.2) is 28.1 Å². The summed E-state index contributed by atoms with van der Waals surface area (Å²) < 4.78 is 0. The molecular formula is C16H16Cl2O3. The lowest BCUT2D eigenvalue weighted by atomic mass is 9.63. The Morgan fingerprint density at radius 2 is 1.86 bits per heavy atom. The molecule has 3 atom stereocenters. The number of alkyl halides is 2. The fraction of sp³-hybridized carbons (Fsp3) is 0.438. The summed E-state index contributed by atoms with van der Waals surface area (Å²) in [5.41, 5.74) is -0.494. The van der Waals surface area contributed by atoms with Gasteiger partial charge in [0.1, 0.15) is 11.2 Å². The highest BCUT2D eigenvalue weighted by molar-refractivity contribution is 6.39. The van der Waals surface area contributed by atoms with Crippen molar-refractivity contribution in [2.75, 3.05) is 0 Å². The lowest BCUT2D eigenvalue weighted by molar-refractivity contribution is -0.129. The number of aldehydes is 1. The Bertz CT molecular complexity index is 582. The van der Waals surface area contributed by atoms with Gasteiger partial charge in [-0.25, -0.2) is 0 Å². The molecule has 112 valence electrons. The van der Waals surface area contributed by atoms with E-state index in [0.717, 1.165) is 0 Å². The molecule has 0 aromatic heterocycles. The molecule has 3 unspecified atom stereocenters. The Labute approximate surface area is 133 Å². The van der Waals surface area contributed by atoms with Crippen molar-refractivity contribution >= 4 is 41.1 Å². The van der Waals surface area contributed by atoms with Crippen molar-refractivity contribution in [2.24, 2.45) is 11.3 Å². The number of carbonyl (C=O) groups is 3. The zero-order valence-corrected chi connectivity index (χ0v) is 13.3. The molecule has 0 spiro atoms. The lowest BCUT2D eigenvalue weighted by Crippen LogP contribution is -2.58. The third-order valence-corrected chi connectivity index (χ3v) is 5.85. The van der Waals surface area contributed by atoms with Crippen molar-refractivity contribution in [2.45, 2.75) is 30.5 Å². The van der Waals surface area contributed by atoms with E-state index in [4.69, 9.17) is 23.2 Å². The molecule has 1 aromatic carbocycles. The highest BCUT2D eigenvalue weighted by atomic mass is 35.5. The second-order valence-electron chi connectivity index (χ2n) is 5.95. The SMILES string of the molecule is CC1(C)C(Cl)C(=O)C(C(=O)c2ccccc2)CC1(Cl)C=O. The largest absolute Gasteiger partial charge is 0.301 e. The van der Waals surface area contributed by atoms with Gasteiger partial charge < -0.3 is 4.79 Å². The number of ketones is 2. The highest BCUT2D eigenvalue weighted by Crippen LogP contribution is 2.50. The third kappa shape index (κ3) is 2.53. The van der Waals surface area contributed by atoms with E-state index < -0.39 is 21.6 Å². The molecule has 0 bridgehead atoms. The molecule has 0 aliphatic heterocycles. The Morgan fingerprint density at radius 1 is 1.29 bits per heavy atom. The Kier molecular flexibility index (Phi) is 4.27. The van der Waals surface area contributed by atoms with E-state index in [1.54, 1.807) is 44.2 Å². The van der Waals surface area contributed by atoms with Crippen LogP contribution in [0, 0.1) is 11.3 Å². The van der Waals surface area contributed by atoms with Crippen LogP contribution in [0.5, 0.6) is 0 Å². The van der Waals surface area contributed by atoms with Crippen LogP contribution >= 0.6 is 23.2 Å². The molecule has 5 heteroatoms. The highest BCUT2D eigenvalue weighted by Gasteiger charge is 2.58. The first-order valence-corrected chi connectivity index (χ1v) is 7.48. The van der Waals surface area contributed by atoms with Gasteiger partial charge in [0.25, 0.3) is 0 Å². The molecule has 0 N–H and O–H groups in total. The van der Waals surface area contributed by atoms with Crippen molar-refractivity contribution in [1.82, 2.24) is 0 Å². The van der Waals surface area contributed by atoms with Crippen LogP contribution in [-0.2, 0) is 9.59 Å². The van der Waals surface area contributed by atoms with Crippen molar-refractivity contribution in [3.8, 4) is 0 Å². The molecule has 1 saturated carbocycles. The minimum absolute atomic E-state index is 0.0269. The van der Waals surface area contributed by atoms with Crippen LogP contribution in [0.3, 0.4) is 0 Å². The number of halogens is 2. The van der Waals surface area contributed by atoms with Gasteiger partial charge in [0.05, 0.1) is 11.3 Å². The number of hydrogen-bond donors (Lipinski definition) is 0. The maximum atomic E-state index is 12.5. The van der Waals surface area contributed by atoms with Gasteiger partial charge in [0, 0.05) is 11.0 Å². The molecule has 1 aliphatic carbocycles. The Hall–Kier alpha value is -1.19. The van der Waals surface area contributed by atoms with Gasteiger partial charge in [-0.05, 0) is 6.42 Å². The number of benzene rings is 1. The molecule has 1 aliphatic rings. The minimum atomic E-state index is -1.33. The fourth-order valence-corrected chi connectivity index (χ4v) is 3.30. The van der Waals surface area contributed by atoms with E-state index in [0.29, 0.717) is 11.8 Å². The van der Waals surface area contributed by atoms with Crippen LogP contribution in [0.4, 0.5) is 0 Å². The summed E-state index contributed by atoms with van der Waals surface area (Å²) in [6, 6.07) is 8.49. The van der Waals surface area contributed by atoms with Gasteiger partial charge in [-0.3, -0.25) is 9.59 Å². The molecule has 21 heavy (non-hydrogen) atoms. The maximum absolute atomic E-state index is 12.5. The summed E-state index contributed by atoms with van der Waals surface area (Å²) in [6.07, 6.45) is 0.572. The third-order valence-electron chi connectivity index (χ3n) is 4.36. The molecule has 0 heterocycles. The molecule has 1 fully saturated rings. The van der Waals surface area contributed by atoms with Gasteiger partial charge in [-0.1, -0.05) is 44.2 Å². The number of carbonyl (C=O) groups excluding carboxylic acids is 3. The summed E-state index contributed by atoms with van der Waals surface area (Å²) >= 11 is 12.6. The van der Waals surface area contributed by atoms with Gasteiger partial charge in [-0.15, -0.1) is 23.2 Å². The summed E-state index contributed by atoms with van der Waals surface area (Å²) in [4.78, 5) is 35.1. The van der Waals surface area contributed by atoms with Crippen LogP contribution < -0.4 is 0 Å². The van der Waals surface area contributed by atoms with E-state index >= 15 is 0 Å². The minimum Gasteiger partial charge on any atom is -0.301 e. The molecule has 0 saturated heterocycles. The molecule has 1 aromatic rings. The van der Waals surface area contributed by atoms with Gasteiger partial charge in [0.2, 0.25) is 0 Å². The summed E-state index contributed by atoms with van der Waals surface area (Å²) in [5, 5.41) is -0.980.